The molecule has 3 unspecified atom stereocenters. The van der Waals surface area contributed by atoms with Gasteiger partial charge in [0.1, 0.15) is 29.0 Å². The van der Waals surface area contributed by atoms with Gasteiger partial charge in [-0.2, -0.15) is 0 Å². The second-order valence-electron chi connectivity index (χ2n) is 12.1. The maximum absolute atomic E-state index is 13.4. The number of phenolic OH excluding ortho intramolecular Hbond substituents is 5. The Morgan fingerprint density at radius 1 is 0.764 bits per heavy atom. The predicted molar refractivity (Wildman–Crippen MR) is 191 cm³/mol. The number of hydrogen-bond acceptors (Lipinski definition) is 17. The van der Waals surface area contributed by atoms with E-state index in [1.54, 1.807) is 41.2 Å². The second-order valence-corrected chi connectivity index (χ2v) is 12.1. The van der Waals surface area contributed by atoms with Gasteiger partial charge >= 0.3 is 5.97 Å². The normalized spacial score (nSPS) is 16.4. The average Bonchev–Trinajstić information content (AvgIpc) is 3.63. The quantitative estimate of drug-likeness (QED) is 0.0360. The van der Waals surface area contributed by atoms with Crippen molar-refractivity contribution in [3.8, 4) is 34.5 Å². The zero-order chi connectivity index (χ0) is 39.0. The number of fused-ring (bicyclic) bond motifs is 1. The first kappa shape index (κ1) is 41.0. The van der Waals surface area contributed by atoms with Crippen molar-refractivity contribution in [1.82, 2.24) is 15.0 Å². The van der Waals surface area contributed by atoms with Gasteiger partial charge in [-0.3, -0.25) is 0 Å². The molecule has 0 amide bonds. The van der Waals surface area contributed by atoms with Crippen LogP contribution in [-0.2, 0) is 46.3 Å². The Morgan fingerprint density at radius 2 is 1.36 bits per heavy atom. The number of rotatable bonds is 23. The summed E-state index contributed by atoms with van der Waals surface area (Å²) in [6, 6.07) is 12.7. The lowest BCUT2D eigenvalue weighted by atomic mass is 9.90. The highest BCUT2D eigenvalue weighted by Crippen LogP contribution is 2.51. The Labute approximate surface area is 316 Å². The van der Waals surface area contributed by atoms with E-state index in [-0.39, 0.29) is 34.8 Å². The lowest BCUT2D eigenvalue weighted by Crippen LogP contribution is -2.39. The summed E-state index contributed by atoms with van der Waals surface area (Å²) in [6.07, 6.45) is -2.21. The van der Waals surface area contributed by atoms with Crippen LogP contribution in [0.25, 0.3) is 0 Å². The van der Waals surface area contributed by atoms with Gasteiger partial charge in [0, 0.05) is 24.2 Å². The Morgan fingerprint density at radius 3 is 1.98 bits per heavy atom. The summed E-state index contributed by atoms with van der Waals surface area (Å²) < 4.78 is 47.2. The third kappa shape index (κ3) is 11.9. The van der Waals surface area contributed by atoms with E-state index in [1.165, 1.54) is 6.07 Å². The molecule has 5 rings (SSSR count). The Hall–Kier alpha value is -5.21. The van der Waals surface area contributed by atoms with Gasteiger partial charge in [0.2, 0.25) is 0 Å². The van der Waals surface area contributed by atoms with E-state index in [1.807, 2.05) is 0 Å². The van der Waals surface area contributed by atoms with E-state index >= 15 is 0 Å². The van der Waals surface area contributed by atoms with Crippen molar-refractivity contribution in [3.63, 3.8) is 0 Å². The smallest absolute Gasteiger partial charge is 0.338 e. The number of benzene rings is 3. The molecule has 7 N–H and O–H groups in total. The molecule has 0 fully saturated rings. The second kappa shape index (κ2) is 21.0. The van der Waals surface area contributed by atoms with Gasteiger partial charge in [-0.05, 0) is 24.3 Å². The number of nitrogens with zero attached hydrogens (tertiary/aromatic N) is 3. The number of carbonyl (C=O) groups is 1. The van der Waals surface area contributed by atoms with Crippen LogP contribution in [-0.4, -0.2) is 125 Å². The van der Waals surface area contributed by atoms with Crippen molar-refractivity contribution in [3.05, 3.63) is 83.2 Å². The molecule has 1 aromatic heterocycles. The molecule has 1 aliphatic rings. The van der Waals surface area contributed by atoms with E-state index in [2.05, 4.69) is 10.3 Å². The van der Waals surface area contributed by atoms with E-state index in [0.29, 0.717) is 84.9 Å². The summed E-state index contributed by atoms with van der Waals surface area (Å²) in [5.74, 6) is -3.59. The third-order valence-corrected chi connectivity index (χ3v) is 8.13. The Bertz CT molecular complexity index is 1770. The lowest BCUT2D eigenvalue weighted by Gasteiger charge is -2.39. The highest BCUT2D eigenvalue weighted by Gasteiger charge is 2.45. The fourth-order valence-corrected chi connectivity index (χ4v) is 5.54. The van der Waals surface area contributed by atoms with Gasteiger partial charge in [0.25, 0.3) is 0 Å². The van der Waals surface area contributed by atoms with Gasteiger partial charge < -0.3 is 69.2 Å². The minimum absolute atomic E-state index is 0.0188. The molecule has 18 heteroatoms. The maximum atomic E-state index is 13.4. The maximum Gasteiger partial charge on any atom is 0.338 e. The van der Waals surface area contributed by atoms with Crippen molar-refractivity contribution in [2.24, 2.45) is 5.73 Å². The number of hydrogen-bond donors (Lipinski definition) is 6. The molecule has 298 valence electrons. The van der Waals surface area contributed by atoms with Crippen molar-refractivity contribution in [2.75, 3.05) is 72.6 Å². The van der Waals surface area contributed by atoms with Gasteiger partial charge in [-0.25, -0.2) is 9.48 Å². The fraction of sp³-hybridized carbons (Fsp3) is 0.432. The summed E-state index contributed by atoms with van der Waals surface area (Å²) in [5, 5.41) is 60.2. The molecule has 0 saturated carbocycles. The summed E-state index contributed by atoms with van der Waals surface area (Å²) in [7, 11) is 0. The number of nitrogens with two attached hydrogens (primary N) is 1. The van der Waals surface area contributed by atoms with Crippen LogP contribution in [0, 0.1) is 0 Å². The molecule has 55 heavy (non-hydrogen) atoms. The number of aromatic nitrogens is 3. The molecule has 3 atom stereocenters. The highest BCUT2D eigenvalue weighted by molar-refractivity contribution is 5.89. The lowest BCUT2D eigenvalue weighted by molar-refractivity contribution is -0.116. The van der Waals surface area contributed by atoms with E-state index in [4.69, 9.17) is 43.6 Å². The molecule has 0 radical (unpaired) electrons. The van der Waals surface area contributed by atoms with Crippen LogP contribution >= 0.6 is 0 Å². The summed E-state index contributed by atoms with van der Waals surface area (Å²) >= 11 is 0. The minimum atomic E-state index is -1.34. The topological polar surface area (TPSA) is 249 Å². The first-order chi connectivity index (χ1) is 26.7. The van der Waals surface area contributed by atoms with Crippen molar-refractivity contribution in [1.29, 1.82) is 0 Å². The van der Waals surface area contributed by atoms with Crippen LogP contribution in [0.1, 0.15) is 39.4 Å². The minimum Gasteiger partial charge on any atom is -0.508 e. The van der Waals surface area contributed by atoms with E-state index < -0.39 is 47.3 Å². The first-order valence-corrected chi connectivity index (χ1v) is 17.6. The Kier molecular flexibility index (Phi) is 15.7. The number of carbonyl (C=O) groups excluding carboxylic acids is 1. The number of esters is 1. The van der Waals surface area contributed by atoms with Gasteiger partial charge in [-0.1, -0.05) is 23.4 Å². The van der Waals surface area contributed by atoms with Gasteiger partial charge in [0.15, 0.2) is 29.5 Å². The standard InChI is InChI=1S/C37H46N4O14/c38-6-8-48-10-12-50-14-16-52-17-15-51-13-11-49-9-7-41-22-26(39-40-41)23-53-35-32-28(43)20-27(42)21-31(32)54-34(25-18-29(44)33(46)30(45)19-25)36(35)55-37(47)24-4-2-1-3-5-24/h1-5,18-22,34-36,42-46H,6-17,23,38H2. The molecule has 0 bridgehead atoms. The molecule has 1 aliphatic heterocycles. The zero-order valence-corrected chi connectivity index (χ0v) is 30.0. The monoisotopic (exact) mass is 770 g/mol. The van der Waals surface area contributed by atoms with Crippen LogP contribution in [0.4, 0.5) is 0 Å². The van der Waals surface area contributed by atoms with Crippen LogP contribution in [0.3, 0.4) is 0 Å². The summed E-state index contributed by atoms with van der Waals surface area (Å²) in [4.78, 5) is 13.4. The fourth-order valence-electron chi connectivity index (χ4n) is 5.54. The third-order valence-electron chi connectivity index (χ3n) is 8.13. The zero-order valence-electron chi connectivity index (χ0n) is 30.0. The molecule has 18 nitrogen and oxygen atoms in total. The van der Waals surface area contributed by atoms with Crippen LogP contribution in [0.5, 0.6) is 34.5 Å². The van der Waals surface area contributed by atoms with Crippen LogP contribution in [0.2, 0.25) is 0 Å². The highest BCUT2D eigenvalue weighted by atomic mass is 16.6. The largest absolute Gasteiger partial charge is 0.508 e. The summed E-state index contributed by atoms with van der Waals surface area (Å²) in [6.45, 7) is 5.03. The van der Waals surface area contributed by atoms with Crippen LogP contribution in [0.15, 0.2) is 60.8 Å². The van der Waals surface area contributed by atoms with E-state index in [9.17, 15) is 30.3 Å². The molecule has 4 aromatic rings. The molecule has 3 aromatic carbocycles. The summed E-state index contributed by atoms with van der Waals surface area (Å²) in [5.41, 5.74) is 6.11. The molecule has 2 heterocycles. The average molecular weight is 771 g/mol. The predicted octanol–water partition coefficient (Wildman–Crippen LogP) is 2.46. The van der Waals surface area contributed by atoms with Gasteiger partial charge in [-0.15, -0.1) is 5.10 Å². The molecule has 0 aliphatic carbocycles. The first-order valence-electron chi connectivity index (χ1n) is 17.6. The van der Waals surface area contributed by atoms with Crippen molar-refractivity contribution >= 4 is 5.97 Å². The van der Waals surface area contributed by atoms with Crippen molar-refractivity contribution in [2.45, 2.75) is 31.5 Å². The number of ether oxygens (including phenoxy) is 8. The number of phenols is 5. The molecular weight excluding hydrogens is 724 g/mol. The molecule has 0 spiro atoms. The van der Waals surface area contributed by atoms with Crippen LogP contribution < -0.4 is 10.5 Å². The Balaban J connectivity index is 1.16. The molecular formula is C37H46N4O14. The SMILES string of the molecule is NCCOCCOCCOCCOCCOCCn1cc(COC2c3c(O)cc(O)cc3OC(c3cc(O)c(O)c(O)c3)C2OC(=O)c2ccccc2)nn1. The number of aromatic hydroxyl groups is 5. The van der Waals surface area contributed by atoms with Crippen molar-refractivity contribution < 1.29 is 68.2 Å². The molecule has 0 saturated heterocycles. The van der Waals surface area contributed by atoms with Gasteiger partial charge in [0.05, 0.1) is 96.5 Å². The van der Waals surface area contributed by atoms with E-state index in [0.717, 1.165) is 18.2 Å².